The van der Waals surface area contributed by atoms with Crippen molar-refractivity contribution >= 4 is 28.6 Å². The molecule has 0 aromatic rings. The lowest BCUT2D eigenvalue weighted by Crippen LogP contribution is -2.53. The zero-order chi connectivity index (χ0) is 22.7. The first kappa shape index (κ1) is 27.3. The molecule has 0 radical (unpaired) electrons. The summed E-state index contributed by atoms with van der Waals surface area (Å²) in [5, 5.41) is 0. The Morgan fingerprint density at radius 2 is 1.00 bits per heavy atom. The van der Waals surface area contributed by atoms with Gasteiger partial charge >= 0.3 is 11.9 Å². The smallest absolute Gasteiger partial charge is 0.323 e. The molecule has 0 aromatic carbocycles. The van der Waals surface area contributed by atoms with Crippen LogP contribution in [0.2, 0.25) is 39.3 Å². The molecule has 0 N–H and O–H groups in total. The molecule has 0 saturated carbocycles. The van der Waals surface area contributed by atoms with Crippen LogP contribution >= 0.6 is 0 Å². The molecule has 0 rings (SSSR count). The number of esters is 2. The molecule has 8 heteroatoms. The van der Waals surface area contributed by atoms with E-state index in [1.807, 2.05) is 26.6 Å². The molecule has 0 heterocycles. The lowest BCUT2D eigenvalue weighted by molar-refractivity contribution is -0.182. The van der Waals surface area contributed by atoms with Gasteiger partial charge in [-0.25, -0.2) is 0 Å². The normalized spacial score (nSPS) is 15.9. The third-order valence-electron chi connectivity index (χ3n) is 3.14. The Morgan fingerprint density at radius 1 is 0.679 bits per heavy atom. The Kier molecular flexibility index (Phi) is 9.17. The minimum absolute atomic E-state index is 0.455. The van der Waals surface area contributed by atoms with Crippen LogP contribution in [0.1, 0.15) is 48.5 Å². The van der Waals surface area contributed by atoms with Crippen LogP contribution in [0.15, 0.2) is 0 Å². The maximum Gasteiger partial charge on any atom is 0.323 e. The number of ether oxygens (including phenoxy) is 2. The summed E-state index contributed by atoms with van der Waals surface area (Å²) in [5.41, 5.74) is -1.46. The lowest BCUT2D eigenvalue weighted by atomic mass is 9.97. The van der Waals surface area contributed by atoms with Crippen molar-refractivity contribution < 1.29 is 27.9 Å². The van der Waals surface area contributed by atoms with Crippen molar-refractivity contribution in [3.8, 4) is 0 Å². The van der Waals surface area contributed by atoms with E-state index < -0.39 is 57.9 Å². The number of rotatable bonds is 8. The average Bonchev–Trinajstić information content (AvgIpc) is 2.29. The van der Waals surface area contributed by atoms with Gasteiger partial charge in [0.05, 0.1) is 12.2 Å². The zero-order valence-corrected chi connectivity index (χ0v) is 22.2. The van der Waals surface area contributed by atoms with E-state index >= 15 is 0 Å². The van der Waals surface area contributed by atoms with Crippen LogP contribution in [0.25, 0.3) is 0 Å². The summed E-state index contributed by atoms with van der Waals surface area (Å²) < 4.78 is 23.6. The van der Waals surface area contributed by atoms with Crippen LogP contribution in [0.3, 0.4) is 0 Å². The first-order chi connectivity index (χ1) is 12.1. The van der Waals surface area contributed by atoms with E-state index in [2.05, 4.69) is 19.6 Å². The quantitative estimate of drug-likeness (QED) is 0.312. The molecule has 6 nitrogen and oxygen atoms in total. The highest BCUT2D eigenvalue weighted by Gasteiger charge is 2.46. The Hall–Kier alpha value is -0.706. The lowest BCUT2D eigenvalue weighted by Gasteiger charge is -2.38. The van der Waals surface area contributed by atoms with Crippen LogP contribution in [0, 0.1) is 5.92 Å². The maximum atomic E-state index is 13.1. The highest BCUT2D eigenvalue weighted by Crippen LogP contribution is 2.27. The van der Waals surface area contributed by atoms with Crippen molar-refractivity contribution in [2.45, 2.75) is 111 Å². The topological polar surface area (TPSA) is 71.1 Å². The van der Waals surface area contributed by atoms with E-state index in [-0.39, 0.29) is 0 Å². The summed E-state index contributed by atoms with van der Waals surface area (Å²) in [6, 6.07) is 0. The van der Waals surface area contributed by atoms with Crippen LogP contribution in [-0.2, 0) is 27.9 Å². The van der Waals surface area contributed by atoms with Crippen molar-refractivity contribution in [3.05, 3.63) is 0 Å². The standard InChI is InChI=1S/C20H42O6Si2/c1-14(25-27(8,9)10)16(26-28(11,12)13)15(17(21)23-19(2,3)4)18(22)24-20(5,6)7/h14-16H,1-13H3. The summed E-state index contributed by atoms with van der Waals surface area (Å²) >= 11 is 0. The fraction of sp³-hybridized carbons (Fsp3) is 0.900. The molecule has 0 bridgehead atoms. The summed E-state index contributed by atoms with van der Waals surface area (Å²) in [6.45, 7) is 24.7. The third-order valence-corrected chi connectivity index (χ3v) is 5.20. The third kappa shape index (κ3) is 12.0. The molecule has 0 fully saturated rings. The highest BCUT2D eigenvalue weighted by atomic mass is 28.4. The predicted octanol–water partition coefficient (Wildman–Crippen LogP) is 4.75. The molecule has 2 unspecified atom stereocenters. The van der Waals surface area contributed by atoms with Gasteiger partial charge in [-0.05, 0) is 87.7 Å². The second-order valence-corrected chi connectivity index (χ2v) is 20.1. The second-order valence-electron chi connectivity index (χ2n) is 11.2. The van der Waals surface area contributed by atoms with Gasteiger partial charge in [0.25, 0.3) is 0 Å². The highest BCUT2D eigenvalue weighted by molar-refractivity contribution is 6.70. The van der Waals surface area contributed by atoms with Crippen LogP contribution in [-0.4, -0.2) is 52.0 Å². The predicted molar refractivity (Wildman–Crippen MR) is 117 cm³/mol. The second kappa shape index (κ2) is 9.40. The summed E-state index contributed by atoms with van der Waals surface area (Å²) in [5.74, 6) is -2.50. The van der Waals surface area contributed by atoms with Gasteiger partial charge in [0, 0.05) is 0 Å². The van der Waals surface area contributed by atoms with Gasteiger partial charge in [-0.3, -0.25) is 9.59 Å². The molecule has 0 aliphatic rings. The SMILES string of the molecule is CC(O[Si](C)(C)C)C(O[Si](C)(C)C)C(C(=O)OC(C)(C)C)C(=O)OC(C)(C)C. The molecule has 0 aromatic heterocycles. The first-order valence-electron chi connectivity index (χ1n) is 9.93. The molecule has 0 spiro atoms. The van der Waals surface area contributed by atoms with E-state index in [1.165, 1.54) is 0 Å². The molecule has 0 aliphatic heterocycles. The van der Waals surface area contributed by atoms with Gasteiger partial charge < -0.3 is 18.3 Å². The van der Waals surface area contributed by atoms with Gasteiger partial charge in [-0.15, -0.1) is 0 Å². The molecule has 0 saturated heterocycles. The van der Waals surface area contributed by atoms with Crippen molar-refractivity contribution in [2.24, 2.45) is 5.92 Å². The van der Waals surface area contributed by atoms with Gasteiger partial charge in [0.1, 0.15) is 11.2 Å². The molecule has 28 heavy (non-hydrogen) atoms. The Morgan fingerprint density at radius 3 is 1.25 bits per heavy atom. The Balaban J connectivity index is 6.11. The van der Waals surface area contributed by atoms with Crippen LogP contribution in [0.5, 0.6) is 0 Å². The minimum Gasteiger partial charge on any atom is -0.459 e. The van der Waals surface area contributed by atoms with Crippen LogP contribution in [0.4, 0.5) is 0 Å². The van der Waals surface area contributed by atoms with Gasteiger partial charge in [-0.2, -0.15) is 0 Å². The molecule has 0 aliphatic carbocycles. The first-order valence-corrected chi connectivity index (χ1v) is 16.7. The van der Waals surface area contributed by atoms with Gasteiger partial charge in [0.15, 0.2) is 22.6 Å². The monoisotopic (exact) mass is 434 g/mol. The van der Waals surface area contributed by atoms with E-state index in [0.29, 0.717) is 0 Å². The van der Waals surface area contributed by atoms with Crippen molar-refractivity contribution in [1.29, 1.82) is 0 Å². The van der Waals surface area contributed by atoms with Crippen LogP contribution < -0.4 is 0 Å². The Labute approximate surface area is 173 Å². The molecular weight excluding hydrogens is 392 g/mol. The summed E-state index contributed by atoms with van der Waals surface area (Å²) in [7, 11) is -4.05. The van der Waals surface area contributed by atoms with Crippen molar-refractivity contribution in [1.82, 2.24) is 0 Å². The number of hydrogen-bond donors (Lipinski definition) is 0. The molecule has 0 amide bonds. The number of carbonyl (C=O) groups is 2. The fourth-order valence-electron chi connectivity index (χ4n) is 2.56. The maximum absolute atomic E-state index is 13.1. The average molecular weight is 435 g/mol. The molecule has 166 valence electrons. The summed E-state index contributed by atoms with van der Waals surface area (Å²) in [4.78, 5) is 26.1. The zero-order valence-electron chi connectivity index (χ0n) is 20.2. The van der Waals surface area contributed by atoms with Crippen molar-refractivity contribution in [2.75, 3.05) is 0 Å². The van der Waals surface area contributed by atoms with E-state index in [4.69, 9.17) is 18.3 Å². The van der Waals surface area contributed by atoms with E-state index in [1.54, 1.807) is 41.5 Å². The van der Waals surface area contributed by atoms with E-state index in [0.717, 1.165) is 0 Å². The number of hydrogen-bond acceptors (Lipinski definition) is 6. The van der Waals surface area contributed by atoms with Crippen molar-refractivity contribution in [3.63, 3.8) is 0 Å². The largest absolute Gasteiger partial charge is 0.459 e. The Bertz CT molecular complexity index is 507. The minimum atomic E-state index is -2.11. The fourth-order valence-corrected chi connectivity index (χ4v) is 4.96. The van der Waals surface area contributed by atoms with Gasteiger partial charge in [0.2, 0.25) is 0 Å². The van der Waals surface area contributed by atoms with Gasteiger partial charge in [-0.1, -0.05) is 0 Å². The number of carbonyl (C=O) groups excluding carboxylic acids is 2. The summed E-state index contributed by atoms with van der Waals surface area (Å²) in [6.07, 6.45) is -1.23. The molecular formula is C20H42O6Si2. The van der Waals surface area contributed by atoms with E-state index in [9.17, 15) is 9.59 Å². The molecule has 2 atom stereocenters.